The van der Waals surface area contributed by atoms with E-state index in [1.165, 1.54) is 10.8 Å². The zero-order chi connectivity index (χ0) is 23.8. The maximum absolute atomic E-state index is 11.5. The van der Waals surface area contributed by atoms with Gasteiger partial charge in [0.25, 0.3) is 0 Å². The molecular weight excluding hydrogens is 431 g/mol. The van der Waals surface area contributed by atoms with E-state index in [0.717, 1.165) is 43.8 Å². The van der Waals surface area contributed by atoms with E-state index in [0.29, 0.717) is 5.46 Å². The van der Waals surface area contributed by atoms with Crippen LogP contribution >= 0.6 is 0 Å². The molecule has 0 N–H and O–H groups in total. The largest absolute Gasteiger partial charge is 0.549 e. The van der Waals surface area contributed by atoms with Crippen LogP contribution in [0.15, 0.2) is 125 Å². The molecule has 0 atom stereocenters. The van der Waals surface area contributed by atoms with Gasteiger partial charge in [-0.15, -0.1) is 0 Å². The van der Waals surface area contributed by atoms with Crippen molar-refractivity contribution >= 4 is 44.8 Å². The van der Waals surface area contributed by atoms with Crippen molar-refractivity contribution in [1.82, 2.24) is 0 Å². The van der Waals surface area contributed by atoms with E-state index in [4.69, 9.17) is 0 Å². The Hall–Kier alpha value is -4.64. The van der Waals surface area contributed by atoms with Crippen molar-refractivity contribution in [1.29, 1.82) is 0 Å². The van der Waals surface area contributed by atoms with E-state index >= 15 is 0 Å². The molecular formula is C30H19BN2O2. The molecule has 0 aliphatic carbocycles. The molecule has 164 valence electrons. The Bertz CT molecular complexity index is 1680. The van der Waals surface area contributed by atoms with Gasteiger partial charge in [-0.2, -0.15) is 9.81 Å². The van der Waals surface area contributed by atoms with Crippen LogP contribution in [0.25, 0.3) is 54.6 Å². The minimum Gasteiger partial charge on any atom is -0.164 e. The monoisotopic (exact) mass is 450 g/mol. The van der Waals surface area contributed by atoms with Gasteiger partial charge in [-0.25, -0.2) is 0 Å². The zero-order valence-electron chi connectivity index (χ0n) is 18.8. The maximum atomic E-state index is 11.5. The molecule has 6 aromatic carbocycles. The molecule has 0 aliphatic heterocycles. The summed E-state index contributed by atoms with van der Waals surface area (Å²) in [4.78, 5) is 23.0. The second-order valence-electron chi connectivity index (χ2n) is 8.60. The zero-order valence-corrected chi connectivity index (χ0v) is 18.8. The van der Waals surface area contributed by atoms with Crippen LogP contribution < -0.4 is 5.46 Å². The fraction of sp³-hybridized carbons (Fsp3) is 0. The summed E-state index contributed by atoms with van der Waals surface area (Å²) in [6.07, 6.45) is 0. The van der Waals surface area contributed by atoms with E-state index in [2.05, 4.69) is 76.9 Å². The lowest BCUT2D eigenvalue weighted by atomic mass is 9.66. The molecule has 0 aromatic heterocycles. The molecule has 0 bridgehead atoms. The molecule has 0 radical (unpaired) electrons. The summed E-state index contributed by atoms with van der Waals surface area (Å²) in [7, 11) is 0. The van der Waals surface area contributed by atoms with Gasteiger partial charge in [-0.3, -0.25) is 0 Å². The highest BCUT2D eigenvalue weighted by Gasteiger charge is 2.28. The molecule has 35 heavy (non-hydrogen) atoms. The summed E-state index contributed by atoms with van der Waals surface area (Å²) >= 11 is 0. The molecule has 0 fully saturated rings. The number of hydrogen-bond acceptors (Lipinski definition) is 4. The molecule has 0 spiro atoms. The third kappa shape index (κ3) is 3.49. The van der Waals surface area contributed by atoms with Gasteiger partial charge in [0.1, 0.15) is 0 Å². The highest BCUT2D eigenvalue weighted by molar-refractivity contribution is 6.75. The molecule has 0 heterocycles. The van der Waals surface area contributed by atoms with Gasteiger partial charge in [0.2, 0.25) is 0 Å². The summed E-state index contributed by atoms with van der Waals surface area (Å²) in [6, 6.07) is 39.0. The number of hydrogen-bond donors (Lipinski definition) is 0. The fourth-order valence-electron chi connectivity index (χ4n) is 5.07. The van der Waals surface area contributed by atoms with Crippen molar-refractivity contribution in [3.8, 4) is 22.3 Å². The minimum atomic E-state index is -1.30. The van der Waals surface area contributed by atoms with Gasteiger partial charge in [-0.1, -0.05) is 119 Å². The van der Waals surface area contributed by atoms with Crippen LogP contribution in [0.2, 0.25) is 0 Å². The first-order valence-corrected chi connectivity index (χ1v) is 11.5. The predicted octanol–water partition coefficient (Wildman–Crippen LogP) is 7.71. The molecule has 6 aromatic rings. The lowest BCUT2D eigenvalue weighted by Gasteiger charge is -2.16. The Morgan fingerprint density at radius 3 is 1.54 bits per heavy atom. The van der Waals surface area contributed by atoms with Gasteiger partial charge in [0.15, 0.2) is 0 Å². The Kier molecular flexibility index (Phi) is 5.15. The number of rotatable bonds is 5. The van der Waals surface area contributed by atoms with E-state index in [-0.39, 0.29) is 0 Å². The first-order valence-electron chi connectivity index (χ1n) is 11.5. The molecule has 4 nitrogen and oxygen atoms in total. The summed E-state index contributed by atoms with van der Waals surface area (Å²) in [5.74, 6) is 0. The third-order valence-corrected chi connectivity index (χ3v) is 6.69. The van der Waals surface area contributed by atoms with Crippen molar-refractivity contribution < 1.29 is 0 Å². The van der Waals surface area contributed by atoms with E-state index < -0.39 is 6.98 Å². The molecule has 6 rings (SSSR count). The summed E-state index contributed by atoms with van der Waals surface area (Å²) in [6.45, 7) is -1.30. The van der Waals surface area contributed by atoms with E-state index in [9.17, 15) is 9.81 Å². The SMILES string of the molecule is O=NB(N=O)c1c2ccccc2c(-c2ccc(-c3ccc4ccccc4c3)cc2)c2ccccc12. The minimum absolute atomic E-state index is 0.553. The van der Waals surface area contributed by atoms with Crippen LogP contribution in [-0.4, -0.2) is 6.98 Å². The van der Waals surface area contributed by atoms with Gasteiger partial charge in [0, 0.05) is 0 Å². The number of nitrogens with zero attached hydrogens (tertiary/aromatic N) is 2. The average molecular weight is 450 g/mol. The maximum Gasteiger partial charge on any atom is 0.549 e. The third-order valence-electron chi connectivity index (χ3n) is 6.69. The number of nitroso groups, excluding NO2 is 2. The van der Waals surface area contributed by atoms with Crippen LogP contribution in [0.1, 0.15) is 0 Å². The Labute approximate surface area is 202 Å². The quantitative estimate of drug-likeness (QED) is 0.153. The molecule has 0 saturated carbocycles. The molecule has 5 heteroatoms. The highest BCUT2D eigenvalue weighted by Crippen LogP contribution is 2.37. The normalized spacial score (nSPS) is 11.1. The summed E-state index contributed by atoms with van der Waals surface area (Å²) in [5.41, 5.74) is 4.97. The molecule has 0 aliphatic rings. The van der Waals surface area contributed by atoms with Crippen LogP contribution in [0.3, 0.4) is 0 Å². The first-order chi connectivity index (χ1) is 17.3. The van der Waals surface area contributed by atoms with Crippen molar-refractivity contribution in [3.05, 3.63) is 125 Å². The topological polar surface area (TPSA) is 58.9 Å². The van der Waals surface area contributed by atoms with Gasteiger partial charge in [-0.05, 0) is 66.1 Å². The molecule has 0 amide bonds. The van der Waals surface area contributed by atoms with Crippen molar-refractivity contribution in [2.24, 2.45) is 10.2 Å². The Balaban J connectivity index is 1.56. The first kappa shape index (κ1) is 20.9. The van der Waals surface area contributed by atoms with Gasteiger partial charge < -0.3 is 0 Å². The van der Waals surface area contributed by atoms with E-state index in [1.807, 2.05) is 48.5 Å². The summed E-state index contributed by atoms with van der Waals surface area (Å²) in [5, 5.41) is 12.0. The lowest BCUT2D eigenvalue weighted by molar-refractivity contribution is 1.58. The average Bonchev–Trinajstić information content (AvgIpc) is 2.93. The van der Waals surface area contributed by atoms with Crippen molar-refractivity contribution in [2.75, 3.05) is 0 Å². The Morgan fingerprint density at radius 2 is 0.943 bits per heavy atom. The predicted molar refractivity (Wildman–Crippen MR) is 147 cm³/mol. The highest BCUT2D eigenvalue weighted by atomic mass is 16.3. The van der Waals surface area contributed by atoms with E-state index in [1.54, 1.807) is 0 Å². The lowest BCUT2D eigenvalue weighted by Crippen LogP contribution is -2.27. The standard InChI is InChI=1S/C30H19BN2O2/c34-32-31(33-35)30-27-11-5-3-9-25(27)29(26-10-4-6-12-28(26)30)22-16-13-21(14-17-22)24-18-15-20-7-1-2-8-23(20)19-24/h1-19H. The fourth-order valence-corrected chi connectivity index (χ4v) is 5.07. The van der Waals surface area contributed by atoms with Crippen LogP contribution in [0.5, 0.6) is 0 Å². The van der Waals surface area contributed by atoms with Crippen LogP contribution in [0, 0.1) is 9.81 Å². The number of fused-ring (bicyclic) bond motifs is 3. The van der Waals surface area contributed by atoms with Crippen LogP contribution in [-0.2, 0) is 0 Å². The molecule has 0 saturated heterocycles. The second-order valence-corrected chi connectivity index (χ2v) is 8.60. The van der Waals surface area contributed by atoms with Gasteiger partial charge in [0.05, 0.1) is 0 Å². The van der Waals surface area contributed by atoms with Crippen molar-refractivity contribution in [2.45, 2.75) is 0 Å². The Morgan fingerprint density at radius 1 is 0.457 bits per heavy atom. The van der Waals surface area contributed by atoms with Gasteiger partial charge >= 0.3 is 6.98 Å². The summed E-state index contributed by atoms with van der Waals surface area (Å²) < 4.78 is 0. The molecule has 0 unspecified atom stereocenters. The van der Waals surface area contributed by atoms with Crippen LogP contribution in [0.4, 0.5) is 0 Å². The second kappa shape index (κ2) is 8.62. The number of benzene rings is 6. The van der Waals surface area contributed by atoms with Crippen molar-refractivity contribution in [3.63, 3.8) is 0 Å². The smallest absolute Gasteiger partial charge is 0.164 e.